The molecule has 2 aromatic heterocycles. The van der Waals surface area contributed by atoms with Crippen LogP contribution in [0.4, 0.5) is 0 Å². The van der Waals surface area contributed by atoms with Gasteiger partial charge in [-0.25, -0.2) is 0 Å². The minimum Gasteiger partial charge on any atom is -0.351 e. The molecule has 0 radical (unpaired) electrons. The fraction of sp³-hybridized carbons (Fsp3) is 0.474. The number of likely N-dealkylation sites (tertiary alicyclic amines) is 2. The Morgan fingerprint density at radius 1 is 1.15 bits per heavy atom. The van der Waals surface area contributed by atoms with Gasteiger partial charge in [-0.1, -0.05) is 11.2 Å². The molecule has 4 heterocycles. The zero-order chi connectivity index (χ0) is 18.0. The Balaban J connectivity index is 1.42. The number of rotatable bonds is 3. The topological polar surface area (TPSA) is 79.5 Å². The van der Waals surface area contributed by atoms with E-state index in [1.807, 2.05) is 23.2 Å². The molecule has 4 rings (SSSR count). The minimum absolute atomic E-state index is 0.146. The molecule has 0 aromatic carbocycles. The number of hydrogen-bond donors (Lipinski definition) is 0. The van der Waals surface area contributed by atoms with Gasteiger partial charge in [-0.05, 0) is 37.3 Å². The second-order valence-electron chi connectivity index (χ2n) is 7.14. The maximum atomic E-state index is 13.2. The highest BCUT2D eigenvalue weighted by molar-refractivity contribution is 5.91. The van der Waals surface area contributed by atoms with Gasteiger partial charge >= 0.3 is 0 Å². The highest BCUT2D eigenvalue weighted by Gasteiger charge is 2.46. The first-order valence-corrected chi connectivity index (χ1v) is 9.06. The first kappa shape index (κ1) is 16.8. The minimum atomic E-state index is -0.335. The van der Waals surface area contributed by atoms with Gasteiger partial charge in [-0.3, -0.25) is 14.6 Å². The fourth-order valence-electron chi connectivity index (χ4n) is 4.10. The summed E-state index contributed by atoms with van der Waals surface area (Å²) in [4.78, 5) is 33.4. The lowest BCUT2D eigenvalue weighted by atomic mass is 9.71. The first-order chi connectivity index (χ1) is 12.7. The van der Waals surface area contributed by atoms with E-state index in [2.05, 4.69) is 10.1 Å². The van der Waals surface area contributed by atoms with Crippen LogP contribution in [0.25, 0.3) is 0 Å². The molecule has 0 unspecified atom stereocenters. The second-order valence-corrected chi connectivity index (χ2v) is 7.14. The molecule has 1 spiro atoms. The van der Waals surface area contributed by atoms with Crippen LogP contribution in [0.15, 0.2) is 41.3 Å². The lowest BCUT2D eigenvalue weighted by Crippen LogP contribution is -2.54. The number of carbonyl (C=O) groups excluding carboxylic acids is 2. The third kappa shape index (κ3) is 3.09. The van der Waals surface area contributed by atoms with Crippen molar-refractivity contribution in [2.75, 3.05) is 19.6 Å². The lowest BCUT2D eigenvalue weighted by molar-refractivity contribution is -0.150. The summed E-state index contributed by atoms with van der Waals surface area (Å²) in [6.07, 6.45) is 8.34. The van der Waals surface area contributed by atoms with Gasteiger partial charge in [-0.15, -0.1) is 0 Å². The summed E-state index contributed by atoms with van der Waals surface area (Å²) < 4.78 is 4.97. The molecule has 136 valence electrons. The Hall–Kier alpha value is -2.70. The summed E-state index contributed by atoms with van der Waals surface area (Å²) in [6, 6.07) is 5.47. The van der Waals surface area contributed by atoms with Crippen LogP contribution in [0.2, 0.25) is 0 Å². The number of nitrogens with zero attached hydrogens (tertiary/aromatic N) is 4. The van der Waals surface area contributed by atoms with Crippen LogP contribution < -0.4 is 0 Å². The maximum absolute atomic E-state index is 13.2. The summed E-state index contributed by atoms with van der Waals surface area (Å²) in [7, 11) is 0. The molecular weight excluding hydrogens is 332 g/mol. The molecule has 2 fully saturated rings. The summed E-state index contributed by atoms with van der Waals surface area (Å²) in [5.74, 6) is 0.335. The zero-order valence-electron chi connectivity index (χ0n) is 14.6. The highest BCUT2D eigenvalue weighted by Crippen LogP contribution is 2.41. The van der Waals surface area contributed by atoms with Crippen molar-refractivity contribution < 1.29 is 14.1 Å². The van der Waals surface area contributed by atoms with Crippen molar-refractivity contribution >= 4 is 11.8 Å². The van der Waals surface area contributed by atoms with Crippen molar-refractivity contribution in [2.24, 2.45) is 5.41 Å². The van der Waals surface area contributed by atoms with E-state index in [0.29, 0.717) is 32.5 Å². The van der Waals surface area contributed by atoms with E-state index in [-0.39, 0.29) is 23.0 Å². The van der Waals surface area contributed by atoms with Crippen molar-refractivity contribution in [2.45, 2.75) is 32.2 Å². The van der Waals surface area contributed by atoms with Crippen LogP contribution in [0.3, 0.4) is 0 Å². The van der Waals surface area contributed by atoms with Crippen molar-refractivity contribution in [3.8, 4) is 0 Å². The van der Waals surface area contributed by atoms with Gasteiger partial charge in [0.05, 0.1) is 11.6 Å². The third-order valence-corrected chi connectivity index (χ3v) is 5.58. The molecule has 0 bridgehead atoms. The van der Waals surface area contributed by atoms with Crippen LogP contribution in [-0.2, 0) is 11.3 Å². The van der Waals surface area contributed by atoms with Crippen LogP contribution in [0.1, 0.15) is 41.8 Å². The number of piperidine rings is 2. The largest absolute Gasteiger partial charge is 0.351 e. The Labute approximate surface area is 152 Å². The van der Waals surface area contributed by atoms with E-state index >= 15 is 0 Å². The van der Waals surface area contributed by atoms with E-state index in [4.69, 9.17) is 4.52 Å². The molecule has 2 aromatic rings. The summed E-state index contributed by atoms with van der Waals surface area (Å²) in [5.41, 5.74) is 0.717. The average molecular weight is 354 g/mol. The third-order valence-electron chi connectivity index (χ3n) is 5.58. The SMILES string of the molecule is O=C(c1ccno1)N1CCC2(CCCN(Cc3cccnc3)C2=O)CC1. The normalized spacial score (nSPS) is 19.8. The predicted molar refractivity (Wildman–Crippen MR) is 93.0 cm³/mol. The standard InChI is InChI=1S/C19H22N4O3/c24-17(16-4-9-21-26-16)22-11-6-19(7-12-22)5-2-10-23(18(19)25)14-15-3-1-8-20-13-15/h1,3-4,8-9,13H,2,5-7,10-12,14H2. The fourth-order valence-corrected chi connectivity index (χ4v) is 4.10. The average Bonchev–Trinajstić information content (AvgIpc) is 3.21. The van der Waals surface area contributed by atoms with E-state index in [0.717, 1.165) is 24.9 Å². The number of carbonyl (C=O) groups is 2. The van der Waals surface area contributed by atoms with E-state index in [1.54, 1.807) is 17.2 Å². The number of pyridine rings is 1. The maximum Gasteiger partial charge on any atom is 0.292 e. The molecule has 7 heteroatoms. The highest BCUT2D eigenvalue weighted by atomic mass is 16.5. The first-order valence-electron chi connectivity index (χ1n) is 9.06. The van der Waals surface area contributed by atoms with Gasteiger partial charge in [-0.2, -0.15) is 0 Å². The Morgan fingerprint density at radius 3 is 2.69 bits per heavy atom. The molecule has 2 amide bonds. The molecule has 26 heavy (non-hydrogen) atoms. The quantitative estimate of drug-likeness (QED) is 0.843. The van der Waals surface area contributed by atoms with Gasteiger partial charge in [0.1, 0.15) is 0 Å². The van der Waals surface area contributed by atoms with Crippen molar-refractivity contribution in [1.29, 1.82) is 0 Å². The van der Waals surface area contributed by atoms with Gasteiger partial charge in [0.15, 0.2) is 0 Å². The van der Waals surface area contributed by atoms with Crippen molar-refractivity contribution in [3.63, 3.8) is 0 Å². The molecule has 0 N–H and O–H groups in total. The van der Waals surface area contributed by atoms with E-state index in [1.165, 1.54) is 6.20 Å². The molecule has 2 aliphatic heterocycles. The van der Waals surface area contributed by atoms with Gasteiger partial charge in [0.2, 0.25) is 11.7 Å². The Bertz CT molecular complexity index is 767. The van der Waals surface area contributed by atoms with Gasteiger partial charge in [0.25, 0.3) is 5.91 Å². The van der Waals surface area contributed by atoms with E-state index < -0.39 is 0 Å². The monoisotopic (exact) mass is 354 g/mol. The molecule has 2 saturated heterocycles. The van der Waals surface area contributed by atoms with Crippen LogP contribution in [-0.4, -0.2) is 51.4 Å². The van der Waals surface area contributed by atoms with Crippen molar-refractivity contribution in [3.05, 3.63) is 48.1 Å². The van der Waals surface area contributed by atoms with Crippen LogP contribution >= 0.6 is 0 Å². The van der Waals surface area contributed by atoms with Crippen LogP contribution in [0, 0.1) is 5.41 Å². The Morgan fingerprint density at radius 2 is 2.00 bits per heavy atom. The van der Waals surface area contributed by atoms with Crippen LogP contribution in [0.5, 0.6) is 0 Å². The van der Waals surface area contributed by atoms with Gasteiger partial charge < -0.3 is 14.3 Å². The predicted octanol–water partition coefficient (Wildman–Crippen LogP) is 2.11. The molecule has 7 nitrogen and oxygen atoms in total. The van der Waals surface area contributed by atoms with Crippen molar-refractivity contribution in [1.82, 2.24) is 19.9 Å². The molecular formula is C19H22N4O3. The number of aromatic nitrogens is 2. The summed E-state index contributed by atoms with van der Waals surface area (Å²) in [6.45, 7) is 2.54. The zero-order valence-corrected chi connectivity index (χ0v) is 14.6. The van der Waals surface area contributed by atoms with Gasteiger partial charge in [0, 0.05) is 44.6 Å². The number of hydrogen-bond acceptors (Lipinski definition) is 5. The smallest absolute Gasteiger partial charge is 0.292 e. The molecule has 0 atom stereocenters. The van der Waals surface area contributed by atoms with E-state index in [9.17, 15) is 9.59 Å². The molecule has 0 saturated carbocycles. The second kappa shape index (κ2) is 6.90. The molecule has 2 aliphatic rings. The molecule has 0 aliphatic carbocycles. The Kier molecular flexibility index (Phi) is 4.44. The summed E-state index contributed by atoms with van der Waals surface area (Å²) >= 11 is 0. The summed E-state index contributed by atoms with van der Waals surface area (Å²) in [5, 5.41) is 3.59. The lowest BCUT2D eigenvalue weighted by Gasteiger charge is -2.46. The number of amides is 2.